The normalized spacial score (nSPS) is 17.6. The SMILES string of the molecule is CC(C)c1ccc(N(c2ccc(C(C)C)cc2)c2ccc3c(c2)N(c2ccc(C(C)(C)C)cc2)c2cc(C(C)(C)C)cc4c2B3c2sc3cc5c(cc3c2N4c2ccc3c(c2)C(C)(C)CCC3(C)C)C(C)(C)CCC5(C)C)cc1. The summed E-state index contributed by atoms with van der Waals surface area (Å²) in [4.78, 5) is 7.90. The third-order valence-corrected chi connectivity index (χ3v) is 20.7. The molecule has 406 valence electrons. The van der Waals surface area contributed by atoms with E-state index in [4.69, 9.17) is 0 Å². The smallest absolute Gasteiger partial charge is 0.264 e. The molecule has 8 aromatic rings. The van der Waals surface area contributed by atoms with Crippen LogP contribution in [0, 0.1) is 0 Å². The summed E-state index contributed by atoms with van der Waals surface area (Å²) in [7, 11) is 0. The Balaban J connectivity index is 1.19. The second-order valence-corrected chi connectivity index (χ2v) is 30.7. The second-order valence-electron chi connectivity index (χ2n) is 29.6. The molecule has 0 saturated carbocycles. The fraction of sp³-hybridized carbons (Fsp3) is 0.405. The first-order chi connectivity index (χ1) is 37.0. The minimum Gasteiger partial charge on any atom is -0.311 e. The highest BCUT2D eigenvalue weighted by Gasteiger charge is 2.48. The molecule has 0 N–H and O–H groups in total. The number of hydrogen-bond acceptors (Lipinski definition) is 4. The molecule has 0 radical (unpaired) electrons. The van der Waals surface area contributed by atoms with E-state index in [1.165, 1.54) is 130 Å². The summed E-state index contributed by atoms with van der Waals surface area (Å²) in [5.41, 5.74) is 25.3. The van der Waals surface area contributed by atoms with Crippen molar-refractivity contribution in [3.63, 3.8) is 0 Å². The molecule has 7 aromatic carbocycles. The summed E-state index contributed by atoms with van der Waals surface area (Å²) in [5, 5.41) is 1.38. The maximum absolute atomic E-state index is 2.76. The van der Waals surface area contributed by atoms with E-state index in [0.717, 1.165) is 17.1 Å². The number of anilines is 9. The maximum Gasteiger partial charge on any atom is 0.264 e. The molecule has 12 rings (SSSR count). The van der Waals surface area contributed by atoms with Crippen molar-refractivity contribution in [2.24, 2.45) is 0 Å². The Morgan fingerprint density at radius 2 is 0.924 bits per heavy atom. The Labute approximate surface area is 479 Å². The van der Waals surface area contributed by atoms with Gasteiger partial charge < -0.3 is 14.7 Å². The largest absolute Gasteiger partial charge is 0.311 e. The van der Waals surface area contributed by atoms with Gasteiger partial charge in [-0.05, 0) is 210 Å². The molecule has 5 heteroatoms. The molecular weight excluding hydrogens is 974 g/mol. The Morgan fingerprint density at radius 3 is 1.44 bits per heavy atom. The van der Waals surface area contributed by atoms with E-state index in [1.54, 1.807) is 0 Å². The standard InChI is InChI=1S/C74H86BN3S/c1-45(2)47-19-25-51(26-20-47)76(52-27-21-48(22-28-52)46(3)4)55-32-34-61-62(42-55)77(53-29-23-49(24-30-53)69(5,6)7)63-39-50(70(8,9)10)40-64-66(63)75(61)68-67(56-43-59-60(44-65(56)79-68)74(17,18)38-37-73(59,15)16)78(64)54-31-33-57-58(41-54)72(13,14)36-35-71(57,11)12/h19-34,39-46H,35-38H2,1-18H3. The van der Waals surface area contributed by atoms with Crippen LogP contribution in [-0.4, -0.2) is 6.71 Å². The lowest BCUT2D eigenvalue weighted by molar-refractivity contribution is 0.332. The molecular formula is C74H86BN3S. The average Bonchev–Trinajstić information content (AvgIpc) is 3.74. The molecule has 2 aliphatic heterocycles. The zero-order valence-electron chi connectivity index (χ0n) is 51.0. The molecule has 0 amide bonds. The molecule has 0 atom stereocenters. The van der Waals surface area contributed by atoms with Crippen LogP contribution >= 0.6 is 11.3 Å². The van der Waals surface area contributed by atoms with Crippen molar-refractivity contribution >= 4 is 95.0 Å². The van der Waals surface area contributed by atoms with E-state index >= 15 is 0 Å². The molecule has 1 aromatic heterocycles. The van der Waals surface area contributed by atoms with Crippen LogP contribution in [0.15, 0.2) is 133 Å². The quantitative estimate of drug-likeness (QED) is 0.147. The highest BCUT2D eigenvalue weighted by Crippen LogP contribution is 2.55. The monoisotopic (exact) mass is 1060 g/mol. The minimum atomic E-state index is -0.148. The number of nitrogens with zero attached hydrogens (tertiary/aromatic N) is 3. The van der Waals surface area contributed by atoms with Crippen LogP contribution in [0.5, 0.6) is 0 Å². The predicted molar refractivity (Wildman–Crippen MR) is 347 cm³/mol. The van der Waals surface area contributed by atoms with Gasteiger partial charge in [-0.1, -0.05) is 173 Å². The summed E-state index contributed by atoms with van der Waals surface area (Å²) >= 11 is 2.05. The first kappa shape index (κ1) is 53.6. The van der Waals surface area contributed by atoms with Crippen molar-refractivity contribution in [2.75, 3.05) is 14.7 Å². The first-order valence-corrected chi connectivity index (χ1v) is 30.7. The number of thiophene rings is 1. The lowest BCUT2D eigenvalue weighted by Crippen LogP contribution is -2.60. The van der Waals surface area contributed by atoms with E-state index in [9.17, 15) is 0 Å². The average molecular weight is 1060 g/mol. The molecule has 4 aliphatic rings. The van der Waals surface area contributed by atoms with Crippen molar-refractivity contribution in [3.05, 3.63) is 178 Å². The molecule has 2 aliphatic carbocycles. The summed E-state index contributed by atoms with van der Waals surface area (Å²) in [6.07, 6.45) is 4.72. The summed E-state index contributed by atoms with van der Waals surface area (Å²) in [6.45, 7) is 43.2. The molecule has 0 unspecified atom stereocenters. The number of fused-ring (bicyclic) bond motifs is 8. The van der Waals surface area contributed by atoms with Crippen molar-refractivity contribution in [1.29, 1.82) is 0 Å². The molecule has 0 bridgehead atoms. The summed E-state index contributed by atoms with van der Waals surface area (Å²) in [6, 6.07) is 53.7. The molecule has 3 heterocycles. The Bertz CT molecular complexity index is 3650. The van der Waals surface area contributed by atoms with E-state index in [2.05, 4.69) is 284 Å². The molecule has 0 fully saturated rings. The van der Waals surface area contributed by atoms with E-state index in [0.29, 0.717) is 11.8 Å². The Morgan fingerprint density at radius 1 is 0.456 bits per heavy atom. The maximum atomic E-state index is 2.76. The Hall–Kier alpha value is -6.04. The summed E-state index contributed by atoms with van der Waals surface area (Å²) < 4.78 is 2.83. The van der Waals surface area contributed by atoms with E-state index in [-0.39, 0.29) is 39.2 Å². The van der Waals surface area contributed by atoms with Crippen LogP contribution in [0.3, 0.4) is 0 Å². The molecule has 3 nitrogen and oxygen atoms in total. The van der Waals surface area contributed by atoms with Crippen LogP contribution in [0.1, 0.15) is 207 Å². The van der Waals surface area contributed by atoms with Gasteiger partial charge in [0.25, 0.3) is 6.71 Å². The lowest BCUT2D eigenvalue weighted by Gasteiger charge is -2.46. The van der Waals surface area contributed by atoms with Crippen molar-refractivity contribution < 1.29 is 0 Å². The zero-order chi connectivity index (χ0) is 56.3. The second kappa shape index (κ2) is 18.2. The number of rotatable bonds is 7. The fourth-order valence-electron chi connectivity index (χ4n) is 13.9. The van der Waals surface area contributed by atoms with Gasteiger partial charge in [-0.2, -0.15) is 0 Å². The third kappa shape index (κ3) is 8.81. The lowest BCUT2D eigenvalue weighted by atomic mass is 9.36. The predicted octanol–water partition coefficient (Wildman–Crippen LogP) is 20.0. The van der Waals surface area contributed by atoms with Crippen LogP contribution in [0.2, 0.25) is 0 Å². The highest BCUT2D eigenvalue weighted by molar-refractivity contribution is 7.33. The van der Waals surface area contributed by atoms with Gasteiger partial charge in [-0.15, -0.1) is 11.3 Å². The molecule has 79 heavy (non-hydrogen) atoms. The number of hydrogen-bond donors (Lipinski definition) is 0. The van der Waals surface area contributed by atoms with Crippen molar-refractivity contribution in [2.45, 2.75) is 195 Å². The molecule has 0 spiro atoms. The van der Waals surface area contributed by atoms with Gasteiger partial charge in [0.1, 0.15) is 0 Å². The highest BCUT2D eigenvalue weighted by atomic mass is 32.1. The van der Waals surface area contributed by atoms with Gasteiger partial charge in [0.15, 0.2) is 0 Å². The van der Waals surface area contributed by atoms with Crippen LogP contribution in [-0.2, 0) is 32.5 Å². The zero-order valence-corrected chi connectivity index (χ0v) is 51.8. The van der Waals surface area contributed by atoms with Crippen LogP contribution in [0.4, 0.5) is 51.2 Å². The van der Waals surface area contributed by atoms with Crippen LogP contribution < -0.4 is 30.4 Å². The van der Waals surface area contributed by atoms with Gasteiger partial charge in [0, 0.05) is 60.4 Å². The van der Waals surface area contributed by atoms with Crippen LogP contribution in [0.25, 0.3) is 10.1 Å². The van der Waals surface area contributed by atoms with Crippen molar-refractivity contribution in [3.8, 4) is 0 Å². The Kier molecular flexibility index (Phi) is 12.4. The number of benzene rings is 7. The van der Waals surface area contributed by atoms with Gasteiger partial charge in [-0.3, -0.25) is 0 Å². The van der Waals surface area contributed by atoms with Gasteiger partial charge in [0.05, 0.1) is 5.69 Å². The van der Waals surface area contributed by atoms with Gasteiger partial charge in [-0.25, -0.2) is 0 Å². The topological polar surface area (TPSA) is 9.72 Å². The van der Waals surface area contributed by atoms with Crippen molar-refractivity contribution in [1.82, 2.24) is 0 Å². The van der Waals surface area contributed by atoms with E-state index < -0.39 is 0 Å². The molecule has 0 saturated heterocycles. The minimum absolute atomic E-state index is 0.00744. The first-order valence-electron chi connectivity index (χ1n) is 29.8. The summed E-state index contributed by atoms with van der Waals surface area (Å²) in [5.74, 6) is 0.884. The van der Waals surface area contributed by atoms with Gasteiger partial charge >= 0.3 is 0 Å². The fourth-order valence-corrected chi connectivity index (χ4v) is 15.3. The van der Waals surface area contributed by atoms with E-state index in [1.807, 2.05) is 0 Å². The van der Waals surface area contributed by atoms with Gasteiger partial charge in [0.2, 0.25) is 0 Å². The third-order valence-electron chi connectivity index (χ3n) is 19.5.